The highest BCUT2D eigenvalue weighted by atomic mass is 127. The van der Waals surface area contributed by atoms with Crippen LogP contribution in [0.4, 0.5) is 0 Å². The molecule has 0 N–H and O–H groups in total. The summed E-state index contributed by atoms with van der Waals surface area (Å²) in [7, 11) is 2.03. The van der Waals surface area contributed by atoms with Crippen molar-refractivity contribution in [3.05, 3.63) is 54.9 Å². The summed E-state index contributed by atoms with van der Waals surface area (Å²) >= 11 is 0. The summed E-state index contributed by atoms with van der Waals surface area (Å²) in [6.07, 6.45) is 3.76. The van der Waals surface area contributed by atoms with Crippen molar-refractivity contribution in [2.24, 2.45) is 7.05 Å². The average molecular weight is 337 g/mol. The lowest BCUT2D eigenvalue weighted by atomic mass is 10.1. The van der Waals surface area contributed by atoms with Gasteiger partial charge in [0.1, 0.15) is 7.05 Å². The van der Waals surface area contributed by atoms with Gasteiger partial charge in [-0.25, -0.2) is 0 Å². The second-order valence-corrected chi connectivity index (χ2v) is 3.84. The fourth-order valence-corrected chi connectivity index (χ4v) is 2.03. The number of hydrogen-bond acceptors (Lipinski definition) is 1. The van der Waals surface area contributed by atoms with E-state index in [4.69, 9.17) is 4.42 Å². The first kappa shape index (κ1) is 12.1. The zero-order chi connectivity index (χ0) is 11.0. The number of furan rings is 1. The Morgan fingerprint density at radius 3 is 2.59 bits per heavy atom. The zero-order valence-electron chi connectivity index (χ0n) is 9.43. The van der Waals surface area contributed by atoms with E-state index in [9.17, 15) is 0 Å². The van der Waals surface area contributed by atoms with Gasteiger partial charge in [-0.2, -0.15) is 4.57 Å². The van der Waals surface area contributed by atoms with Gasteiger partial charge < -0.3 is 28.4 Å². The van der Waals surface area contributed by atoms with Crippen LogP contribution < -0.4 is 28.5 Å². The third-order valence-electron chi connectivity index (χ3n) is 2.80. The fourth-order valence-electron chi connectivity index (χ4n) is 2.03. The normalized spacial score (nSPS) is 10.2. The van der Waals surface area contributed by atoms with Gasteiger partial charge in [0.2, 0.25) is 0 Å². The summed E-state index contributed by atoms with van der Waals surface area (Å²) in [5.41, 5.74) is 1.11. The van der Waals surface area contributed by atoms with Crippen molar-refractivity contribution in [3.8, 4) is 11.5 Å². The summed E-state index contributed by atoms with van der Waals surface area (Å²) in [5.74, 6) is 0.902. The predicted octanol–water partition coefficient (Wildman–Crippen LogP) is -0.0717. The van der Waals surface area contributed by atoms with Crippen LogP contribution in [-0.2, 0) is 7.05 Å². The third-order valence-corrected chi connectivity index (χ3v) is 2.80. The summed E-state index contributed by atoms with van der Waals surface area (Å²) in [6.45, 7) is 0. The van der Waals surface area contributed by atoms with Gasteiger partial charge in [-0.1, -0.05) is 18.2 Å². The van der Waals surface area contributed by atoms with Crippen molar-refractivity contribution >= 4 is 10.8 Å². The van der Waals surface area contributed by atoms with Gasteiger partial charge in [0.15, 0.2) is 12.0 Å². The highest BCUT2D eigenvalue weighted by Crippen LogP contribution is 2.24. The summed E-state index contributed by atoms with van der Waals surface area (Å²) in [6, 6.07) is 14.3. The Kier molecular flexibility index (Phi) is 3.47. The topological polar surface area (TPSA) is 17.0 Å². The van der Waals surface area contributed by atoms with Crippen molar-refractivity contribution < 1.29 is 33.0 Å². The molecule has 0 fully saturated rings. The molecule has 0 saturated carbocycles. The van der Waals surface area contributed by atoms with Crippen LogP contribution in [0.1, 0.15) is 0 Å². The molecule has 2 aromatic heterocycles. The van der Waals surface area contributed by atoms with Crippen molar-refractivity contribution in [1.29, 1.82) is 0 Å². The number of benzene rings is 1. The van der Waals surface area contributed by atoms with E-state index in [-0.39, 0.29) is 24.0 Å². The Labute approximate surface area is 117 Å². The fraction of sp³-hybridized carbons (Fsp3) is 0.0714. The van der Waals surface area contributed by atoms with Crippen LogP contribution in [0.5, 0.6) is 0 Å². The maximum Gasteiger partial charge on any atom is 0.255 e. The van der Waals surface area contributed by atoms with Gasteiger partial charge in [0.05, 0.1) is 11.6 Å². The Balaban J connectivity index is 0.00000108. The van der Waals surface area contributed by atoms with E-state index in [1.807, 2.05) is 25.2 Å². The lowest BCUT2D eigenvalue weighted by Crippen LogP contribution is -3.00. The minimum Gasteiger partial charge on any atom is -1.00 e. The van der Waals surface area contributed by atoms with Crippen LogP contribution in [0.25, 0.3) is 22.2 Å². The Hall–Kier alpha value is -1.36. The van der Waals surface area contributed by atoms with Crippen molar-refractivity contribution in [1.82, 2.24) is 0 Å². The molecule has 3 rings (SSSR count). The standard InChI is InChI=1S/C14H12NO.HI/c1-15-9-8-11-5-2-3-6-12(11)14(15)13-7-4-10-16-13;/h2-10H,1H3;1H/q+1;/p-1. The summed E-state index contributed by atoms with van der Waals surface area (Å²) < 4.78 is 7.57. The molecule has 3 heteroatoms. The first-order valence-corrected chi connectivity index (χ1v) is 5.27. The number of aromatic nitrogens is 1. The molecule has 0 spiro atoms. The molecule has 2 heterocycles. The molecule has 0 saturated heterocycles. The van der Waals surface area contributed by atoms with Gasteiger partial charge >= 0.3 is 0 Å². The van der Waals surface area contributed by atoms with Gasteiger partial charge in [-0.3, -0.25) is 0 Å². The van der Waals surface area contributed by atoms with Crippen LogP contribution in [-0.4, -0.2) is 0 Å². The quantitative estimate of drug-likeness (QED) is 0.449. The van der Waals surface area contributed by atoms with Gasteiger partial charge in [-0.15, -0.1) is 0 Å². The Morgan fingerprint density at radius 2 is 1.82 bits per heavy atom. The van der Waals surface area contributed by atoms with Crippen molar-refractivity contribution in [3.63, 3.8) is 0 Å². The Morgan fingerprint density at radius 1 is 1.00 bits per heavy atom. The van der Waals surface area contributed by atoms with Crippen LogP contribution >= 0.6 is 0 Å². The minimum atomic E-state index is 0. The molecule has 0 aliphatic rings. The SMILES string of the molecule is C[n+]1ccc2ccccc2c1-c1ccco1.[I-]. The molecule has 0 radical (unpaired) electrons. The third kappa shape index (κ3) is 2.07. The number of rotatable bonds is 1. The lowest BCUT2D eigenvalue weighted by molar-refractivity contribution is -0.659. The number of pyridine rings is 1. The molecule has 0 atom stereocenters. The molecule has 2 nitrogen and oxygen atoms in total. The summed E-state index contributed by atoms with van der Waals surface area (Å²) in [4.78, 5) is 0. The van der Waals surface area contributed by atoms with Gasteiger partial charge in [-0.05, 0) is 23.6 Å². The predicted molar refractivity (Wildman–Crippen MR) is 62.8 cm³/mol. The Bertz CT molecular complexity index is 632. The number of nitrogens with zero attached hydrogens (tertiary/aromatic N) is 1. The molecule has 0 unspecified atom stereocenters. The second kappa shape index (κ2) is 4.87. The number of fused-ring (bicyclic) bond motifs is 1. The monoisotopic (exact) mass is 337 g/mol. The maximum absolute atomic E-state index is 5.49. The molecule has 0 aliphatic carbocycles. The average Bonchev–Trinajstić information content (AvgIpc) is 2.82. The van der Waals surface area contributed by atoms with Crippen LogP contribution in [0.2, 0.25) is 0 Å². The molecular weight excluding hydrogens is 325 g/mol. The molecule has 17 heavy (non-hydrogen) atoms. The van der Waals surface area contributed by atoms with Gasteiger partial charge in [0.25, 0.3) is 5.69 Å². The van der Waals surface area contributed by atoms with E-state index >= 15 is 0 Å². The minimum absolute atomic E-state index is 0. The van der Waals surface area contributed by atoms with Crippen molar-refractivity contribution in [2.75, 3.05) is 0 Å². The first-order valence-electron chi connectivity index (χ1n) is 5.27. The molecule has 0 bridgehead atoms. The summed E-state index contributed by atoms with van der Waals surface area (Å²) in [5, 5.41) is 2.44. The molecule has 0 amide bonds. The number of hydrogen-bond donors (Lipinski definition) is 0. The highest BCUT2D eigenvalue weighted by molar-refractivity contribution is 5.91. The van der Waals surface area contributed by atoms with E-state index < -0.39 is 0 Å². The van der Waals surface area contributed by atoms with Crippen LogP contribution in [0.15, 0.2) is 59.3 Å². The molecule has 3 aromatic rings. The number of aryl methyl sites for hydroxylation is 1. The van der Waals surface area contributed by atoms with E-state index in [1.54, 1.807) is 6.26 Å². The molecular formula is C14H12INO. The second-order valence-electron chi connectivity index (χ2n) is 3.84. The van der Waals surface area contributed by atoms with E-state index in [0.717, 1.165) is 11.5 Å². The number of halogens is 1. The van der Waals surface area contributed by atoms with E-state index in [0.29, 0.717) is 0 Å². The zero-order valence-corrected chi connectivity index (χ0v) is 11.6. The molecule has 1 aromatic carbocycles. The van der Waals surface area contributed by atoms with Gasteiger partial charge in [0, 0.05) is 6.07 Å². The van der Waals surface area contributed by atoms with E-state index in [1.165, 1.54) is 10.8 Å². The first-order chi connectivity index (χ1) is 7.86. The maximum atomic E-state index is 5.49. The van der Waals surface area contributed by atoms with Crippen LogP contribution in [0.3, 0.4) is 0 Å². The molecule has 0 aliphatic heterocycles. The van der Waals surface area contributed by atoms with Crippen LogP contribution in [0, 0.1) is 0 Å². The smallest absolute Gasteiger partial charge is 0.255 e. The molecule has 86 valence electrons. The highest BCUT2D eigenvalue weighted by Gasteiger charge is 2.16. The largest absolute Gasteiger partial charge is 1.00 e. The van der Waals surface area contributed by atoms with Crippen molar-refractivity contribution in [2.45, 2.75) is 0 Å². The lowest BCUT2D eigenvalue weighted by Gasteiger charge is -2.01. The van der Waals surface area contributed by atoms with E-state index in [2.05, 4.69) is 35.0 Å².